The molecule has 1 saturated carbocycles. The van der Waals surface area contributed by atoms with Gasteiger partial charge in [-0.3, -0.25) is 4.79 Å². The number of nitrogen functional groups attached to an aromatic ring is 1. The van der Waals surface area contributed by atoms with Gasteiger partial charge in [-0.1, -0.05) is 42.8 Å². The minimum Gasteiger partial charge on any atom is -0.457 e. The largest absolute Gasteiger partial charge is 0.457 e. The van der Waals surface area contributed by atoms with Gasteiger partial charge < -0.3 is 24.7 Å². The Morgan fingerprint density at radius 3 is 2.51 bits per heavy atom. The van der Waals surface area contributed by atoms with E-state index in [1.54, 1.807) is 7.11 Å². The summed E-state index contributed by atoms with van der Waals surface area (Å²) in [4.78, 5) is 22.7. The molecular weight excluding hydrogens is 490 g/mol. The summed E-state index contributed by atoms with van der Waals surface area (Å²) in [5, 5.41) is 0.772. The molecule has 2 fully saturated rings. The number of nitrogens with zero attached hydrogens (tertiary/aromatic N) is 4. The number of fused-ring (bicyclic) bond motifs is 2. The van der Waals surface area contributed by atoms with Crippen LogP contribution in [-0.4, -0.2) is 52.1 Å². The van der Waals surface area contributed by atoms with E-state index in [2.05, 4.69) is 33.0 Å². The summed E-state index contributed by atoms with van der Waals surface area (Å²) >= 11 is 0. The first kappa shape index (κ1) is 24.7. The van der Waals surface area contributed by atoms with Crippen LogP contribution >= 0.6 is 0 Å². The molecule has 2 aromatic heterocycles. The number of benzene rings is 2. The predicted octanol–water partition coefficient (Wildman–Crippen LogP) is 4.36. The summed E-state index contributed by atoms with van der Waals surface area (Å²) in [5.74, 6) is 9.96. The number of carbonyl (C=O) groups excluding carboxylic acids is 1. The van der Waals surface area contributed by atoms with Gasteiger partial charge in [-0.15, -0.1) is 0 Å². The number of carbonyl (C=O) groups is 1. The summed E-state index contributed by atoms with van der Waals surface area (Å²) in [6.45, 7) is 6.14. The van der Waals surface area contributed by atoms with E-state index in [1.807, 2.05) is 59.5 Å². The maximum Gasteiger partial charge on any atom is 0.245 e. The highest BCUT2D eigenvalue weighted by Gasteiger charge is 2.55. The van der Waals surface area contributed by atoms with Crippen LogP contribution in [0.3, 0.4) is 0 Å². The molecule has 0 bridgehead atoms. The average molecular weight is 520 g/mol. The summed E-state index contributed by atoms with van der Waals surface area (Å²) in [5.41, 5.74) is 9.82. The van der Waals surface area contributed by atoms with Crippen LogP contribution in [0.15, 0.2) is 73.6 Å². The first-order valence-corrected chi connectivity index (χ1v) is 13.0. The van der Waals surface area contributed by atoms with E-state index < -0.39 is 0 Å². The number of hydrogen-bond donors (Lipinski definition) is 1. The van der Waals surface area contributed by atoms with E-state index in [9.17, 15) is 4.79 Å². The summed E-state index contributed by atoms with van der Waals surface area (Å²) in [6, 6.07) is 17.6. The standard InChI is InChI=1S/C31H29N5O3/c1-3-27(37)35-17-24-23(25(24)18-35)13-14-26-28(29-30(32)33-19-34-31(29)36(26)15-16-38-2)20-9-11-22(12-10-20)39-21-7-5-4-6-8-21/h3-12,19,23-25H,1,15-18H2,2H3,(H2,32,33,34)/t23-,24-,25+. The van der Waals surface area contributed by atoms with Crippen LogP contribution in [0, 0.1) is 29.6 Å². The second-order valence-corrected chi connectivity index (χ2v) is 9.84. The Morgan fingerprint density at radius 1 is 1.10 bits per heavy atom. The van der Waals surface area contributed by atoms with Crippen LogP contribution in [-0.2, 0) is 16.1 Å². The lowest BCUT2D eigenvalue weighted by Crippen LogP contribution is -2.29. The van der Waals surface area contributed by atoms with Crippen molar-refractivity contribution in [2.24, 2.45) is 17.8 Å². The lowest BCUT2D eigenvalue weighted by Gasteiger charge is -2.16. The molecule has 8 heteroatoms. The van der Waals surface area contributed by atoms with Gasteiger partial charge in [-0.2, -0.15) is 0 Å². The number of likely N-dealkylation sites (tertiary alicyclic amines) is 1. The number of methoxy groups -OCH3 is 1. The molecule has 0 spiro atoms. The van der Waals surface area contributed by atoms with Gasteiger partial charge in [0.05, 0.1) is 12.0 Å². The normalized spacial score (nSPS) is 19.3. The Kier molecular flexibility index (Phi) is 6.51. The van der Waals surface area contributed by atoms with Gasteiger partial charge in [0.25, 0.3) is 0 Å². The molecular formula is C31H29N5O3. The SMILES string of the molecule is C=CC(=O)N1C[C@@H]2[C@@H](C#Cc3c(-c4ccc(Oc5ccccc5)cc4)c4c(N)ncnc4n3CCOC)[C@@H]2C1. The number of aromatic nitrogens is 3. The van der Waals surface area contributed by atoms with Gasteiger partial charge in [-0.25, -0.2) is 9.97 Å². The Bertz CT molecular complexity index is 1590. The van der Waals surface area contributed by atoms with E-state index in [1.165, 1.54) is 12.4 Å². The van der Waals surface area contributed by atoms with E-state index in [4.69, 9.17) is 15.2 Å². The third-order valence-electron chi connectivity index (χ3n) is 7.55. The minimum absolute atomic E-state index is 0.00960. The molecule has 2 aliphatic rings. The quantitative estimate of drug-likeness (QED) is 0.288. The monoisotopic (exact) mass is 519 g/mol. The van der Waals surface area contributed by atoms with Gasteiger partial charge in [-0.05, 0) is 53.7 Å². The van der Waals surface area contributed by atoms with Crippen molar-refractivity contribution in [3.63, 3.8) is 0 Å². The molecule has 196 valence electrons. The van der Waals surface area contributed by atoms with Crippen molar-refractivity contribution >= 4 is 22.8 Å². The molecule has 1 saturated heterocycles. The van der Waals surface area contributed by atoms with Gasteiger partial charge in [0.2, 0.25) is 5.91 Å². The van der Waals surface area contributed by atoms with E-state index in [-0.39, 0.29) is 11.8 Å². The van der Waals surface area contributed by atoms with Crippen LogP contribution in [0.2, 0.25) is 0 Å². The van der Waals surface area contributed by atoms with E-state index >= 15 is 0 Å². The van der Waals surface area contributed by atoms with Crippen molar-refractivity contribution in [3.8, 4) is 34.5 Å². The van der Waals surface area contributed by atoms with Crippen LogP contribution in [0.4, 0.5) is 5.82 Å². The summed E-state index contributed by atoms with van der Waals surface area (Å²) in [7, 11) is 1.68. The number of anilines is 1. The molecule has 1 amide bonds. The molecule has 39 heavy (non-hydrogen) atoms. The van der Waals surface area contributed by atoms with Gasteiger partial charge in [0, 0.05) is 38.2 Å². The molecule has 1 aliphatic carbocycles. The fraction of sp³-hybridized carbons (Fsp3) is 0.258. The van der Waals surface area contributed by atoms with Crippen LogP contribution in [0.25, 0.3) is 22.2 Å². The van der Waals surface area contributed by atoms with Crippen molar-refractivity contribution in [2.45, 2.75) is 6.54 Å². The zero-order valence-corrected chi connectivity index (χ0v) is 21.7. The number of ether oxygens (including phenoxy) is 2. The number of amides is 1. The van der Waals surface area contributed by atoms with Gasteiger partial charge >= 0.3 is 0 Å². The van der Waals surface area contributed by atoms with E-state index in [0.29, 0.717) is 30.8 Å². The van der Waals surface area contributed by atoms with Crippen molar-refractivity contribution in [1.82, 2.24) is 19.4 Å². The topological polar surface area (TPSA) is 95.5 Å². The Balaban J connectivity index is 1.38. The number of rotatable bonds is 7. The number of nitrogens with two attached hydrogens (primary N) is 1. The zero-order valence-electron chi connectivity index (χ0n) is 21.7. The predicted molar refractivity (Wildman–Crippen MR) is 150 cm³/mol. The van der Waals surface area contributed by atoms with Crippen molar-refractivity contribution < 1.29 is 14.3 Å². The molecule has 3 heterocycles. The molecule has 8 nitrogen and oxygen atoms in total. The molecule has 4 aromatic rings. The van der Waals surface area contributed by atoms with Crippen LogP contribution in [0.1, 0.15) is 5.69 Å². The minimum atomic E-state index is -0.00960. The molecule has 0 unspecified atom stereocenters. The third-order valence-corrected chi connectivity index (χ3v) is 7.55. The molecule has 6 rings (SSSR count). The lowest BCUT2D eigenvalue weighted by atomic mass is 10.0. The molecule has 3 atom stereocenters. The maximum absolute atomic E-state index is 12.0. The smallest absolute Gasteiger partial charge is 0.245 e. The first-order valence-electron chi connectivity index (χ1n) is 13.0. The number of piperidine rings is 1. The Labute approximate surface area is 227 Å². The van der Waals surface area contributed by atoms with Gasteiger partial charge in [0.15, 0.2) is 0 Å². The third kappa shape index (κ3) is 4.62. The van der Waals surface area contributed by atoms with Gasteiger partial charge in [0.1, 0.15) is 35.0 Å². The first-order chi connectivity index (χ1) is 19.1. The Morgan fingerprint density at radius 2 is 1.82 bits per heavy atom. The van der Waals surface area contributed by atoms with Crippen molar-refractivity contribution in [3.05, 3.63) is 79.3 Å². The lowest BCUT2D eigenvalue weighted by molar-refractivity contribution is -0.125. The van der Waals surface area contributed by atoms with Crippen LogP contribution in [0.5, 0.6) is 11.5 Å². The van der Waals surface area contributed by atoms with Crippen molar-refractivity contribution in [1.29, 1.82) is 0 Å². The summed E-state index contributed by atoms with van der Waals surface area (Å²) in [6.07, 6.45) is 2.86. The zero-order chi connectivity index (χ0) is 26.9. The van der Waals surface area contributed by atoms with Crippen LogP contribution < -0.4 is 10.5 Å². The second kappa shape index (κ2) is 10.3. The highest BCUT2D eigenvalue weighted by molar-refractivity contribution is 6.03. The maximum atomic E-state index is 12.0. The molecule has 1 aliphatic heterocycles. The fourth-order valence-corrected chi connectivity index (χ4v) is 5.52. The Hall–Kier alpha value is -4.61. The highest BCUT2D eigenvalue weighted by atomic mass is 16.5. The average Bonchev–Trinajstić information content (AvgIpc) is 3.27. The van der Waals surface area contributed by atoms with E-state index in [0.717, 1.165) is 52.4 Å². The molecule has 2 N–H and O–H groups in total. The number of hydrogen-bond acceptors (Lipinski definition) is 6. The molecule has 0 radical (unpaired) electrons. The molecule has 2 aromatic carbocycles. The fourth-order valence-electron chi connectivity index (χ4n) is 5.52. The van der Waals surface area contributed by atoms with Crippen molar-refractivity contribution in [2.75, 3.05) is 32.5 Å². The highest BCUT2D eigenvalue weighted by Crippen LogP contribution is 2.51. The summed E-state index contributed by atoms with van der Waals surface area (Å²) < 4.78 is 13.5. The second-order valence-electron chi connectivity index (χ2n) is 9.84. The number of para-hydroxylation sites is 1.